The molecule has 5 N–H and O–H groups in total. The zero-order chi connectivity index (χ0) is 32.9. The summed E-state index contributed by atoms with van der Waals surface area (Å²) in [5, 5.41) is 27.6. The number of benzene rings is 2. The van der Waals surface area contributed by atoms with E-state index in [1.807, 2.05) is 51.1 Å². The highest BCUT2D eigenvalue weighted by Crippen LogP contribution is 2.12. The molecule has 0 heterocycles. The maximum Gasteiger partial charge on any atom is 0.261 e. The van der Waals surface area contributed by atoms with Crippen LogP contribution in [0.25, 0.3) is 0 Å². The average molecular weight is 626 g/mol. The van der Waals surface area contributed by atoms with Gasteiger partial charge in [0, 0.05) is 13.1 Å². The van der Waals surface area contributed by atoms with Crippen LogP contribution in [0.5, 0.6) is 0 Å². The van der Waals surface area contributed by atoms with Crippen LogP contribution in [0.1, 0.15) is 56.7 Å². The number of unbranched alkanes of at least 4 members (excludes halogenated alkanes) is 1. The summed E-state index contributed by atoms with van der Waals surface area (Å²) in [6.45, 7) is 9.21. The van der Waals surface area contributed by atoms with Crippen molar-refractivity contribution in [2.45, 2.75) is 83.5 Å². The molecule has 0 fully saturated rings. The zero-order valence-corrected chi connectivity index (χ0v) is 26.7. The number of aliphatic hydroxyl groups is 1. The normalized spacial score (nSPS) is 13.8. The Morgan fingerprint density at radius 2 is 1.50 bits per heavy atom. The van der Waals surface area contributed by atoms with Crippen LogP contribution in [-0.2, 0) is 31.0 Å². The van der Waals surface area contributed by atoms with Gasteiger partial charge in [0.05, 0.1) is 11.0 Å². The molecule has 0 aliphatic rings. The Balaban J connectivity index is 2.12. The van der Waals surface area contributed by atoms with Crippen molar-refractivity contribution in [1.82, 2.24) is 20.7 Å². The molecule has 2 rings (SSSR count). The Kier molecular flexibility index (Phi) is 14.2. The third-order valence-corrected chi connectivity index (χ3v) is 8.13. The summed E-state index contributed by atoms with van der Waals surface area (Å²) in [4.78, 5) is 38.7. The number of nitrogens with zero attached hydrogens (tertiary/aromatic N) is 1. The van der Waals surface area contributed by atoms with Crippen LogP contribution in [-0.4, -0.2) is 56.0 Å². The molecule has 0 radical (unpaired) electrons. The minimum Gasteiger partial charge on any atom is -0.391 e. The molecule has 3 atom stereocenters. The molecule has 0 aliphatic carbocycles. The van der Waals surface area contributed by atoms with Gasteiger partial charge in [0.2, 0.25) is 21.8 Å². The number of amides is 3. The predicted octanol–water partition coefficient (Wildman–Crippen LogP) is 2.52. The van der Waals surface area contributed by atoms with Gasteiger partial charge < -0.3 is 21.1 Å². The highest BCUT2D eigenvalue weighted by atomic mass is 32.2. The first-order chi connectivity index (χ1) is 20.7. The van der Waals surface area contributed by atoms with Crippen LogP contribution in [0, 0.1) is 31.1 Å². The molecule has 0 saturated heterocycles. The van der Waals surface area contributed by atoms with E-state index < -0.39 is 45.9 Å². The van der Waals surface area contributed by atoms with Crippen molar-refractivity contribution in [3.8, 4) is 6.07 Å². The van der Waals surface area contributed by atoms with Crippen molar-refractivity contribution >= 4 is 27.7 Å². The molecule has 3 amide bonds. The van der Waals surface area contributed by atoms with Crippen LogP contribution in [0.2, 0.25) is 0 Å². The number of nitrogens with one attached hydrogen (secondary N) is 4. The monoisotopic (exact) mass is 625 g/mol. The maximum atomic E-state index is 13.3. The number of nitriles is 1. The summed E-state index contributed by atoms with van der Waals surface area (Å²) in [7, 11) is -4.16. The molecule has 238 valence electrons. The number of aryl methyl sites for hydroxylation is 2. The van der Waals surface area contributed by atoms with Crippen LogP contribution in [0.4, 0.5) is 0 Å². The molecule has 0 bridgehead atoms. The molecule has 12 heteroatoms. The lowest BCUT2D eigenvalue weighted by molar-refractivity contribution is -0.131. The Labute approximate surface area is 260 Å². The molecule has 0 aliphatic heterocycles. The van der Waals surface area contributed by atoms with E-state index in [0.29, 0.717) is 12.8 Å². The number of carbonyl (C=O) groups excluding carboxylic acids is 3. The Morgan fingerprint density at radius 1 is 0.909 bits per heavy atom. The summed E-state index contributed by atoms with van der Waals surface area (Å²) in [5.74, 6) is -1.80. The third-order valence-electron chi connectivity index (χ3n) is 6.67. The standard InChI is InChI=1S/C32H43N5O6S/c1-21(2)18-26(19-33)30(39)34-17-7-6-8-28(31(40)35-20-25-13-9-22(3)10-14-25)36-32(41)29(24(5)38)37-44(42,43)27-15-11-23(4)12-16-27/h9-16,18,21,24,28-29,37-38H,6-8,17,20H2,1-5H3,(H,34,39)(H,35,40)(H,36,41)/t24-,28+,29+/m1/s1. The first-order valence-corrected chi connectivity index (χ1v) is 16.0. The van der Waals surface area contributed by atoms with E-state index in [1.54, 1.807) is 25.1 Å². The van der Waals surface area contributed by atoms with Gasteiger partial charge in [0.1, 0.15) is 23.7 Å². The molecule has 11 nitrogen and oxygen atoms in total. The minimum absolute atomic E-state index is 0.0258. The van der Waals surface area contributed by atoms with E-state index >= 15 is 0 Å². The van der Waals surface area contributed by atoms with E-state index in [2.05, 4.69) is 20.7 Å². The number of aliphatic hydroxyl groups excluding tert-OH is 1. The molecular formula is C32H43N5O6S. The second-order valence-corrected chi connectivity index (χ2v) is 12.8. The predicted molar refractivity (Wildman–Crippen MR) is 167 cm³/mol. The molecule has 2 aromatic rings. The van der Waals surface area contributed by atoms with E-state index in [0.717, 1.165) is 16.7 Å². The lowest BCUT2D eigenvalue weighted by Crippen LogP contribution is -2.56. The summed E-state index contributed by atoms with van der Waals surface area (Å²) in [6, 6.07) is 12.9. The van der Waals surface area contributed by atoms with Crippen LogP contribution < -0.4 is 20.7 Å². The fourth-order valence-electron chi connectivity index (χ4n) is 4.14. The van der Waals surface area contributed by atoms with E-state index in [4.69, 9.17) is 0 Å². The van der Waals surface area contributed by atoms with Crippen molar-refractivity contribution in [2.75, 3.05) is 6.54 Å². The van der Waals surface area contributed by atoms with Gasteiger partial charge in [-0.25, -0.2) is 8.42 Å². The van der Waals surface area contributed by atoms with E-state index in [-0.39, 0.29) is 35.9 Å². The first kappa shape index (κ1) is 36.1. The zero-order valence-electron chi connectivity index (χ0n) is 25.9. The maximum absolute atomic E-state index is 13.3. The van der Waals surface area contributed by atoms with Crippen molar-refractivity contribution in [3.63, 3.8) is 0 Å². The Bertz CT molecular complexity index is 1450. The SMILES string of the molecule is Cc1ccc(CNC(=O)[C@H](CCCCNC(=O)C(C#N)=CC(C)C)NC(=O)[C@@H](NS(=O)(=O)c2ccc(C)cc2)[C@@H](C)O)cc1. The van der Waals surface area contributed by atoms with Gasteiger partial charge in [0.25, 0.3) is 5.91 Å². The highest BCUT2D eigenvalue weighted by molar-refractivity contribution is 7.89. The van der Waals surface area contributed by atoms with Crippen molar-refractivity contribution in [1.29, 1.82) is 5.26 Å². The second kappa shape index (κ2) is 17.3. The van der Waals surface area contributed by atoms with Gasteiger partial charge in [-0.1, -0.05) is 67.4 Å². The molecule has 0 unspecified atom stereocenters. The lowest BCUT2D eigenvalue weighted by Gasteiger charge is -2.25. The van der Waals surface area contributed by atoms with Crippen molar-refractivity contribution < 1.29 is 27.9 Å². The number of sulfonamides is 1. The summed E-state index contributed by atoms with van der Waals surface area (Å²) in [5.41, 5.74) is 2.80. The quantitative estimate of drug-likeness (QED) is 0.108. The summed E-state index contributed by atoms with van der Waals surface area (Å²) in [6.07, 6.45) is 1.20. The number of allylic oxidation sites excluding steroid dienone is 1. The number of hydrogen-bond donors (Lipinski definition) is 5. The molecule has 0 aromatic heterocycles. The van der Waals surface area contributed by atoms with Crippen molar-refractivity contribution in [3.05, 3.63) is 76.9 Å². The van der Waals surface area contributed by atoms with E-state index in [9.17, 15) is 33.2 Å². The molecule has 44 heavy (non-hydrogen) atoms. The first-order valence-electron chi connectivity index (χ1n) is 14.5. The van der Waals surface area contributed by atoms with Gasteiger partial charge >= 0.3 is 0 Å². The summed E-state index contributed by atoms with van der Waals surface area (Å²) >= 11 is 0. The van der Waals surface area contributed by atoms with Crippen molar-refractivity contribution in [2.24, 2.45) is 5.92 Å². The second-order valence-electron chi connectivity index (χ2n) is 11.1. The third kappa shape index (κ3) is 11.9. The fraction of sp³-hybridized carbons (Fsp3) is 0.438. The average Bonchev–Trinajstić information content (AvgIpc) is 2.97. The molecular weight excluding hydrogens is 582 g/mol. The highest BCUT2D eigenvalue weighted by Gasteiger charge is 2.32. The van der Waals surface area contributed by atoms with Gasteiger partial charge in [0.15, 0.2) is 0 Å². The molecule has 0 spiro atoms. The molecule has 2 aromatic carbocycles. The Morgan fingerprint density at radius 3 is 2.05 bits per heavy atom. The van der Waals surface area contributed by atoms with Gasteiger partial charge in [-0.05, 0) is 63.6 Å². The van der Waals surface area contributed by atoms with Crippen LogP contribution in [0.3, 0.4) is 0 Å². The van der Waals surface area contributed by atoms with Gasteiger partial charge in [-0.2, -0.15) is 9.98 Å². The largest absolute Gasteiger partial charge is 0.391 e. The van der Waals surface area contributed by atoms with Gasteiger partial charge in [-0.15, -0.1) is 0 Å². The lowest BCUT2D eigenvalue weighted by atomic mass is 10.1. The summed E-state index contributed by atoms with van der Waals surface area (Å²) < 4.78 is 28.2. The van der Waals surface area contributed by atoms with E-state index in [1.165, 1.54) is 19.1 Å². The fourth-order valence-corrected chi connectivity index (χ4v) is 5.41. The molecule has 0 saturated carbocycles. The Hall–Kier alpha value is -4.05. The van der Waals surface area contributed by atoms with Crippen LogP contribution in [0.15, 0.2) is 65.1 Å². The number of carbonyl (C=O) groups is 3. The van der Waals surface area contributed by atoms with Gasteiger partial charge in [-0.3, -0.25) is 14.4 Å². The smallest absolute Gasteiger partial charge is 0.261 e. The minimum atomic E-state index is -4.16. The number of hydrogen-bond acceptors (Lipinski definition) is 7. The topological polar surface area (TPSA) is 177 Å². The number of rotatable bonds is 16. The van der Waals surface area contributed by atoms with Crippen LogP contribution >= 0.6 is 0 Å².